The van der Waals surface area contributed by atoms with Gasteiger partial charge in [0.25, 0.3) is 0 Å². The Morgan fingerprint density at radius 3 is 2.58 bits per heavy atom. The Morgan fingerprint density at radius 2 is 1.92 bits per heavy atom. The average Bonchev–Trinajstić information content (AvgIpc) is 2.74. The lowest BCUT2D eigenvalue weighted by Gasteiger charge is -2.65. The summed E-state index contributed by atoms with van der Waals surface area (Å²) in [7, 11) is 0. The van der Waals surface area contributed by atoms with E-state index in [0.717, 1.165) is 32.1 Å². The Hall–Kier alpha value is -0.870. The van der Waals surface area contributed by atoms with Gasteiger partial charge in [-0.25, -0.2) is 0 Å². The minimum Gasteiger partial charge on any atom is -0.481 e. The summed E-state index contributed by atoms with van der Waals surface area (Å²) in [6, 6.07) is 0. The third-order valence-electron chi connectivity index (χ3n) is 8.59. The Labute approximate surface area is 144 Å². The van der Waals surface area contributed by atoms with E-state index in [9.17, 15) is 20.1 Å². The zero-order valence-electron chi connectivity index (χ0n) is 14.8. The monoisotopic (exact) mass is 334 g/mol. The smallest absolute Gasteiger partial charge is 0.309 e. The molecule has 4 aliphatic rings. The average molecular weight is 334 g/mol. The molecular weight excluding hydrogens is 304 g/mol. The molecule has 4 fully saturated rings. The van der Waals surface area contributed by atoms with Crippen molar-refractivity contribution in [2.45, 2.75) is 71.0 Å². The van der Waals surface area contributed by atoms with Gasteiger partial charge in [0.1, 0.15) is 0 Å². The maximum absolute atomic E-state index is 12.1. The van der Waals surface area contributed by atoms with Crippen molar-refractivity contribution in [3.8, 4) is 0 Å². The highest BCUT2D eigenvalue weighted by Gasteiger charge is 2.70. The first-order valence-electron chi connectivity index (χ1n) is 9.42. The van der Waals surface area contributed by atoms with Crippen molar-refractivity contribution in [1.29, 1.82) is 0 Å². The van der Waals surface area contributed by atoms with Gasteiger partial charge in [0, 0.05) is 5.41 Å². The van der Waals surface area contributed by atoms with Gasteiger partial charge in [-0.1, -0.05) is 25.5 Å². The van der Waals surface area contributed by atoms with Gasteiger partial charge < -0.3 is 15.3 Å². The van der Waals surface area contributed by atoms with Gasteiger partial charge in [-0.3, -0.25) is 4.79 Å². The first kappa shape index (κ1) is 16.6. The van der Waals surface area contributed by atoms with Crippen LogP contribution in [0.3, 0.4) is 0 Å². The highest BCUT2D eigenvalue weighted by molar-refractivity contribution is 5.75. The van der Waals surface area contributed by atoms with E-state index in [2.05, 4.69) is 13.5 Å². The maximum atomic E-state index is 12.1. The van der Waals surface area contributed by atoms with Crippen molar-refractivity contribution >= 4 is 5.97 Å². The van der Waals surface area contributed by atoms with E-state index in [1.807, 2.05) is 6.92 Å². The van der Waals surface area contributed by atoms with Crippen molar-refractivity contribution < 1.29 is 20.1 Å². The fourth-order valence-electron chi connectivity index (χ4n) is 7.63. The Bertz CT molecular complexity index is 600. The first-order valence-corrected chi connectivity index (χ1v) is 9.42. The molecule has 0 saturated heterocycles. The number of hydrogen-bond acceptors (Lipinski definition) is 3. The number of fused-ring (bicyclic) bond motifs is 3. The molecule has 4 nitrogen and oxygen atoms in total. The molecule has 0 aromatic rings. The van der Waals surface area contributed by atoms with Crippen LogP contribution in [0.1, 0.15) is 58.8 Å². The molecule has 2 bridgehead atoms. The summed E-state index contributed by atoms with van der Waals surface area (Å²) in [5, 5.41) is 32.1. The van der Waals surface area contributed by atoms with Gasteiger partial charge in [0.2, 0.25) is 0 Å². The van der Waals surface area contributed by atoms with Gasteiger partial charge in [-0.05, 0) is 68.6 Å². The number of aliphatic carboxylic acids is 1. The molecule has 0 aromatic heterocycles. The Kier molecular flexibility index (Phi) is 3.35. The molecule has 4 heteroatoms. The lowest BCUT2D eigenvalue weighted by atomic mass is 9.39. The van der Waals surface area contributed by atoms with Crippen LogP contribution < -0.4 is 0 Å². The van der Waals surface area contributed by atoms with Crippen molar-refractivity contribution in [3.63, 3.8) is 0 Å². The Morgan fingerprint density at radius 1 is 1.21 bits per heavy atom. The molecule has 8 unspecified atom stereocenters. The molecular formula is C20H30O4. The molecule has 0 amide bonds. The van der Waals surface area contributed by atoms with E-state index in [-0.39, 0.29) is 22.7 Å². The number of carboxylic acids is 1. The molecule has 0 heterocycles. The summed E-state index contributed by atoms with van der Waals surface area (Å²) in [5.74, 6) is -0.531. The zero-order valence-corrected chi connectivity index (χ0v) is 14.8. The molecule has 4 rings (SSSR count). The van der Waals surface area contributed by atoms with E-state index in [0.29, 0.717) is 18.8 Å². The number of carboxylic acid groups (broad SMARTS) is 1. The molecule has 4 aliphatic carbocycles. The maximum Gasteiger partial charge on any atom is 0.309 e. The fraction of sp³-hybridized carbons (Fsp3) is 0.850. The summed E-state index contributed by atoms with van der Waals surface area (Å²) in [4.78, 5) is 12.1. The van der Waals surface area contributed by atoms with E-state index in [4.69, 9.17) is 0 Å². The molecule has 134 valence electrons. The molecule has 0 aromatic carbocycles. The van der Waals surface area contributed by atoms with Gasteiger partial charge in [-0.2, -0.15) is 0 Å². The van der Waals surface area contributed by atoms with Crippen LogP contribution in [0.2, 0.25) is 0 Å². The standard InChI is InChI=1S/C20H30O4/c1-11-9-20-10-12(11)7-13(21)16(20)18(2)5-4-6-19(3,17(23)24)14(18)8-15(20)22/h12-16,21-22H,1,4-10H2,2-3H3,(H,23,24). The summed E-state index contributed by atoms with van der Waals surface area (Å²) >= 11 is 0. The van der Waals surface area contributed by atoms with Crippen LogP contribution in [-0.4, -0.2) is 33.5 Å². The third kappa shape index (κ3) is 1.79. The summed E-state index contributed by atoms with van der Waals surface area (Å²) in [6.45, 7) is 8.27. The third-order valence-corrected chi connectivity index (χ3v) is 8.59. The molecule has 1 spiro atoms. The van der Waals surface area contributed by atoms with Crippen LogP contribution in [0, 0.1) is 34.0 Å². The Balaban J connectivity index is 1.84. The second-order valence-corrected chi connectivity index (χ2v) is 9.64. The number of aliphatic hydroxyl groups excluding tert-OH is 2. The topological polar surface area (TPSA) is 77.8 Å². The summed E-state index contributed by atoms with van der Waals surface area (Å²) in [5.41, 5.74) is -0.141. The quantitative estimate of drug-likeness (QED) is 0.644. The van der Waals surface area contributed by atoms with Crippen molar-refractivity contribution in [3.05, 3.63) is 12.2 Å². The predicted molar refractivity (Wildman–Crippen MR) is 90.2 cm³/mol. The summed E-state index contributed by atoms with van der Waals surface area (Å²) in [6.07, 6.45) is 4.50. The first-order chi connectivity index (χ1) is 11.1. The number of aliphatic hydroxyl groups is 2. The van der Waals surface area contributed by atoms with Crippen LogP contribution in [0.15, 0.2) is 12.2 Å². The second-order valence-electron chi connectivity index (χ2n) is 9.64. The van der Waals surface area contributed by atoms with E-state index in [1.165, 1.54) is 5.57 Å². The highest BCUT2D eigenvalue weighted by atomic mass is 16.4. The number of carbonyl (C=O) groups is 1. The number of allylic oxidation sites excluding steroid dienone is 1. The fourth-order valence-corrected chi connectivity index (χ4v) is 7.63. The highest BCUT2D eigenvalue weighted by Crippen LogP contribution is 2.72. The minimum atomic E-state index is -0.804. The van der Waals surface area contributed by atoms with Crippen LogP contribution in [-0.2, 0) is 4.79 Å². The van der Waals surface area contributed by atoms with Gasteiger partial charge in [0.05, 0.1) is 17.6 Å². The molecule has 3 N–H and O–H groups in total. The van der Waals surface area contributed by atoms with Crippen LogP contribution in [0.4, 0.5) is 0 Å². The summed E-state index contributed by atoms with van der Waals surface area (Å²) < 4.78 is 0. The number of rotatable bonds is 1. The lowest BCUT2D eigenvalue weighted by molar-refractivity contribution is -0.232. The lowest BCUT2D eigenvalue weighted by Crippen LogP contribution is -2.65. The minimum absolute atomic E-state index is 0.0202. The van der Waals surface area contributed by atoms with Crippen LogP contribution in [0.5, 0.6) is 0 Å². The van der Waals surface area contributed by atoms with Crippen molar-refractivity contribution in [2.24, 2.45) is 34.0 Å². The zero-order chi connectivity index (χ0) is 17.5. The predicted octanol–water partition coefficient (Wildman–Crippen LogP) is 2.98. The van der Waals surface area contributed by atoms with E-state index in [1.54, 1.807) is 0 Å². The van der Waals surface area contributed by atoms with Crippen molar-refractivity contribution in [1.82, 2.24) is 0 Å². The second kappa shape index (κ2) is 4.85. The van der Waals surface area contributed by atoms with Crippen molar-refractivity contribution in [2.75, 3.05) is 0 Å². The largest absolute Gasteiger partial charge is 0.481 e. The molecule has 4 saturated carbocycles. The SMILES string of the molecule is C=C1CC23CC1CC(O)C2C1(C)CCCC(C)(C(=O)O)C1CC3O. The van der Waals surface area contributed by atoms with Gasteiger partial charge in [0.15, 0.2) is 0 Å². The van der Waals surface area contributed by atoms with E-state index < -0.39 is 23.6 Å². The normalized spacial score (nSPS) is 56.5. The molecule has 24 heavy (non-hydrogen) atoms. The molecule has 8 atom stereocenters. The van der Waals surface area contributed by atoms with Crippen LogP contribution in [0.25, 0.3) is 0 Å². The van der Waals surface area contributed by atoms with Gasteiger partial charge >= 0.3 is 5.97 Å². The van der Waals surface area contributed by atoms with Crippen LogP contribution >= 0.6 is 0 Å². The molecule has 0 radical (unpaired) electrons. The van der Waals surface area contributed by atoms with Gasteiger partial charge in [-0.15, -0.1) is 0 Å². The number of hydrogen-bond donors (Lipinski definition) is 3. The molecule has 0 aliphatic heterocycles. The van der Waals surface area contributed by atoms with E-state index >= 15 is 0 Å².